The summed E-state index contributed by atoms with van der Waals surface area (Å²) in [4.78, 5) is 13.1. The largest absolute Gasteiger partial charge is 0.397 e. The van der Waals surface area contributed by atoms with E-state index < -0.39 is 6.04 Å². The average molecular weight is 282 g/mol. The molecule has 0 radical (unpaired) electrons. The lowest BCUT2D eigenvalue weighted by Gasteiger charge is -2.14. The number of anilines is 1. The van der Waals surface area contributed by atoms with E-state index in [0.29, 0.717) is 20.8 Å². The summed E-state index contributed by atoms with van der Waals surface area (Å²) in [6.45, 7) is 0.0248. The Balaban J connectivity index is 2.24. The fraction of sp³-hybridized carbons (Fsp3) is 0.364. The summed E-state index contributed by atoms with van der Waals surface area (Å²) >= 11 is 1.17. The molecule has 1 amide bonds. The van der Waals surface area contributed by atoms with Gasteiger partial charge in [0.05, 0.1) is 31.1 Å². The first-order chi connectivity index (χ1) is 9.17. The molecule has 0 spiro atoms. The van der Waals surface area contributed by atoms with Crippen molar-refractivity contribution >= 4 is 33.1 Å². The standard InChI is InChI=1S/C11H14N4O3S/c1-18-5-6(4-16)14-10(17)9-8(12)7-2-3-13-15-11(7)19-9/h2-3,6,16H,4-5,12H2,1H3,(H,14,17). The topological polar surface area (TPSA) is 110 Å². The predicted octanol–water partition coefficient (Wildman–Crippen LogP) is 0.0106. The quantitative estimate of drug-likeness (QED) is 0.712. The molecule has 7 nitrogen and oxygen atoms in total. The smallest absolute Gasteiger partial charge is 0.263 e. The van der Waals surface area contributed by atoms with Gasteiger partial charge in [0, 0.05) is 12.5 Å². The van der Waals surface area contributed by atoms with E-state index in [9.17, 15) is 4.79 Å². The number of ether oxygens (including phenoxy) is 1. The summed E-state index contributed by atoms with van der Waals surface area (Å²) in [5.41, 5.74) is 6.30. The van der Waals surface area contributed by atoms with Gasteiger partial charge in [-0.05, 0) is 6.07 Å². The molecule has 2 heterocycles. The number of methoxy groups -OCH3 is 1. The highest BCUT2D eigenvalue weighted by Gasteiger charge is 2.19. The van der Waals surface area contributed by atoms with Crippen LogP contribution in [0.3, 0.4) is 0 Å². The predicted molar refractivity (Wildman–Crippen MR) is 72.0 cm³/mol. The monoisotopic (exact) mass is 282 g/mol. The van der Waals surface area contributed by atoms with Crippen molar-refractivity contribution in [2.24, 2.45) is 0 Å². The van der Waals surface area contributed by atoms with Crippen LogP contribution in [0.5, 0.6) is 0 Å². The lowest BCUT2D eigenvalue weighted by atomic mass is 10.2. The molecule has 1 unspecified atom stereocenters. The molecule has 0 saturated heterocycles. The van der Waals surface area contributed by atoms with E-state index in [1.807, 2.05) is 0 Å². The molecule has 4 N–H and O–H groups in total. The van der Waals surface area contributed by atoms with Gasteiger partial charge in [-0.2, -0.15) is 5.10 Å². The van der Waals surface area contributed by atoms with Gasteiger partial charge in [0.1, 0.15) is 9.71 Å². The zero-order valence-corrected chi connectivity index (χ0v) is 11.1. The number of rotatable bonds is 5. The van der Waals surface area contributed by atoms with Crippen LogP contribution >= 0.6 is 11.3 Å². The Morgan fingerprint density at radius 3 is 3.11 bits per heavy atom. The molecule has 19 heavy (non-hydrogen) atoms. The fourth-order valence-electron chi connectivity index (χ4n) is 1.63. The summed E-state index contributed by atoms with van der Waals surface area (Å²) < 4.78 is 4.90. The minimum Gasteiger partial charge on any atom is -0.397 e. The van der Waals surface area contributed by atoms with Crippen LogP contribution in [0.2, 0.25) is 0 Å². The third-order valence-corrected chi connectivity index (χ3v) is 3.65. The van der Waals surface area contributed by atoms with E-state index in [4.69, 9.17) is 15.6 Å². The van der Waals surface area contributed by atoms with Gasteiger partial charge in [-0.15, -0.1) is 16.4 Å². The van der Waals surface area contributed by atoms with Gasteiger partial charge < -0.3 is 20.9 Å². The molecular weight excluding hydrogens is 268 g/mol. The number of hydrogen-bond acceptors (Lipinski definition) is 7. The number of thiophene rings is 1. The molecule has 0 saturated carbocycles. The SMILES string of the molecule is COCC(CO)NC(=O)c1sc2nnccc2c1N. The molecule has 0 aromatic carbocycles. The van der Waals surface area contributed by atoms with Crippen LogP contribution in [-0.4, -0.2) is 47.6 Å². The first-order valence-corrected chi connectivity index (χ1v) is 6.39. The van der Waals surface area contributed by atoms with Gasteiger partial charge in [0.25, 0.3) is 5.91 Å². The number of hydrogen-bond donors (Lipinski definition) is 3. The minimum absolute atomic E-state index is 0.204. The fourth-order valence-corrected chi connectivity index (χ4v) is 2.57. The highest BCUT2D eigenvalue weighted by atomic mass is 32.1. The minimum atomic E-state index is -0.465. The van der Waals surface area contributed by atoms with Gasteiger partial charge in [0.2, 0.25) is 0 Å². The Bertz CT molecular complexity index is 586. The molecule has 0 bridgehead atoms. The second-order valence-electron chi connectivity index (χ2n) is 3.90. The summed E-state index contributed by atoms with van der Waals surface area (Å²) in [6, 6.07) is 1.25. The number of amides is 1. The van der Waals surface area contributed by atoms with Crippen molar-refractivity contribution in [3.05, 3.63) is 17.1 Å². The van der Waals surface area contributed by atoms with Gasteiger partial charge in [-0.1, -0.05) is 0 Å². The van der Waals surface area contributed by atoms with E-state index in [2.05, 4.69) is 15.5 Å². The molecule has 0 aliphatic carbocycles. The Morgan fingerprint density at radius 1 is 1.68 bits per heavy atom. The number of nitrogens with zero attached hydrogens (tertiary/aromatic N) is 2. The van der Waals surface area contributed by atoms with Crippen LogP contribution < -0.4 is 11.1 Å². The molecular formula is C11H14N4O3S. The molecule has 2 aromatic rings. The number of aromatic nitrogens is 2. The molecule has 2 aromatic heterocycles. The van der Waals surface area contributed by atoms with Gasteiger partial charge in [-0.25, -0.2) is 0 Å². The number of aliphatic hydroxyl groups is 1. The molecule has 0 fully saturated rings. The molecule has 0 aliphatic heterocycles. The molecule has 0 aliphatic rings. The van der Waals surface area contributed by atoms with Crippen molar-refractivity contribution in [1.29, 1.82) is 0 Å². The van der Waals surface area contributed by atoms with Crippen molar-refractivity contribution in [1.82, 2.24) is 15.5 Å². The molecule has 8 heteroatoms. The van der Waals surface area contributed by atoms with Crippen LogP contribution in [0, 0.1) is 0 Å². The maximum atomic E-state index is 12.1. The zero-order valence-electron chi connectivity index (χ0n) is 10.3. The summed E-state index contributed by atoms with van der Waals surface area (Å²) in [5, 5.41) is 20.1. The number of nitrogens with two attached hydrogens (primary N) is 1. The average Bonchev–Trinajstić information content (AvgIpc) is 2.76. The van der Waals surface area contributed by atoms with Crippen molar-refractivity contribution < 1.29 is 14.6 Å². The Hall–Kier alpha value is -1.77. The Labute approximate surface area is 113 Å². The number of fused-ring (bicyclic) bond motifs is 1. The van der Waals surface area contributed by atoms with Crippen LogP contribution in [-0.2, 0) is 4.74 Å². The second-order valence-corrected chi connectivity index (χ2v) is 4.90. The maximum absolute atomic E-state index is 12.1. The van der Waals surface area contributed by atoms with E-state index in [1.165, 1.54) is 24.6 Å². The lowest BCUT2D eigenvalue weighted by molar-refractivity contribution is 0.0844. The highest BCUT2D eigenvalue weighted by Crippen LogP contribution is 2.31. The zero-order chi connectivity index (χ0) is 13.8. The van der Waals surface area contributed by atoms with Crippen LogP contribution in [0.25, 0.3) is 10.2 Å². The number of carbonyl (C=O) groups excluding carboxylic acids is 1. The van der Waals surface area contributed by atoms with Gasteiger partial charge >= 0.3 is 0 Å². The Morgan fingerprint density at radius 2 is 2.47 bits per heavy atom. The number of carbonyl (C=O) groups is 1. The maximum Gasteiger partial charge on any atom is 0.263 e. The molecule has 102 valence electrons. The lowest BCUT2D eigenvalue weighted by Crippen LogP contribution is -2.40. The summed E-state index contributed by atoms with van der Waals surface area (Å²) in [7, 11) is 1.50. The first-order valence-electron chi connectivity index (χ1n) is 5.57. The van der Waals surface area contributed by atoms with E-state index in [1.54, 1.807) is 6.07 Å². The molecule has 1 atom stereocenters. The van der Waals surface area contributed by atoms with E-state index in [0.717, 1.165) is 0 Å². The third-order valence-electron chi connectivity index (χ3n) is 2.55. The highest BCUT2D eigenvalue weighted by molar-refractivity contribution is 7.21. The van der Waals surface area contributed by atoms with Crippen LogP contribution in [0.4, 0.5) is 5.69 Å². The van der Waals surface area contributed by atoms with E-state index in [-0.39, 0.29) is 19.1 Å². The normalized spacial score (nSPS) is 12.5. The second kappa shape index (κ2) is 5.91. The number of aliphatic hydroxyl groups excluding tert-OH is 1. The first kappa shape index (κ1) is 13.7. The third kappa shape index (κ3) is 2.80. The Kier molecular flexibility index (Phi) is 4.25. The van der Waals surface area contributed by atoms with Crippen molar-refractivity contribution in [3.8, 4) is 0 Å². The summed E-state index contributed by atoms with van der Waals surface area (Å²) in [6.07, 6.45) is 1.52. The summed E-state index contributed by atoms with van der Waals surface area (Å²) in [5.74, 6) is -0.350. The van der Waals surface area contributed by atoms with Crippen LogP contribution in [0.15, 0.2) is 12.3 Å². The van der Waals surface area contributed by atoms with E-state index >= 15 is 0 Å². The molecule has 2 rings (SSSR count). The van der Waals surface area contributed by atoms with Gasteiger partial charge in [0.15, 0.2) is 0 Å². The van der Waals surface area contributed by atoms with Crippen LogP contribution in [0.1, 0.15) is 9.67 Å². The number of nitrogens with one attached hydrogen (secondary N) is 1. The van der Waals surface area contributed by atoms with Crippen molar-refractivity contribution in [2.45, 2.75) is 6.04 Å². The number of nitrogen functional groups attached to an aromatic ring is 1. The van der Waals surface area contributed by atoms with Crippen molar-refractivity contribution in [3.63, 3.8) is 0 Å². The van der Waals surface area contributed by atoms with Gasteiger partial charge in [-0.3, -0.25) is 4.79 Å². The van der Waals surface area contributed by atoms with Crippen molar-refractivity contribution in [2.75, 3.05) is 26.1 Å².